The molecule has 0 aromatic carbocycles. The molecule has 2 atom stereocenters. The second-order valence-corrected chi connectivity index (χ2v) is 16.7. The maximum Gasteiger partial charge on any atom is 0.472 e. The van der Waals surface area contributed by atoms with E-state index in [1.54, 1.807) is 11.3 Å². The van der Waals surface area contributed by atoms with Gasteiger partial charge in [-0.1, -0.05) is 174 Å². The number of rotatable bonds is 38. The molecule has 1 rings (SSSR count). The molecule has 1 unspecified atom stereocenters. The van der Waals surface area contributed by atoms with E-state index < -0.39 is 26.5 Å². The number of phosphoric acid groups is 1. The van der Waals surface area contributed by atoms with E-state index in [-0.39, 0.29) is 25.6 Å². The van der Waals surface area contributed by atoms with Gasteiger partial charge in [-0.05, 0) is 24.3 Å². The van der Waals surface area contributed by atoms with Crippen LogP contribution >= 0.6 is 19.2 Å². The second-order valence-electron chi connectivity index (χ2n) is 14.2. The van der Waals surface area contributed by atoms with Crippen molar-refractivity contribution < 1.29 is 37.6 Å². The summed E-state index contributed by atoms with van der Waals surface area (Å²) in [4.78, 5) is 36.3. The summed E-state index contributed by atoms with van der Waals surface area (Å²) in [5.74, 6) is -0.791. The number of thiophene rings is 1. The first-order chi connectivity index (χ1) is 24.9. The SMILES string of the molecule is CCCCCCCCCCCCCCCC(=O)OC[C@H](COP(=O)(O)OCCc1cccs1)OC(=O)CCCCCCCCCCCCCCC. The van der Waals surface area contributed by atoms with E-state index in [9.17, 15) is 19.0 Å². The summed E-state index contributed by atoms with van der Waals surface area (Å²) in [6.45, 7) is 3.90. The van der Waals surface area contributed by atoms with Crippen LogP contribution in [0.4, 0.5) is 0 Å². The van der Waals surface area contributed by atoms with E-state index in [1.165, 1.54) is 128 Å². The van der Waals surface area contributed by atoms with Crippen molar-refractivity contribution in [3.63, 3.8) is 0 Å². The van der Waals surface area contributed by atoms with Crippen molar-refractivity contribution in [2.75, 3.05) is 19.8 Å². The lowest BCUT2D eigenvalue weighted by atomic mass is 10.0. The average Bonchev–Trinajstić information content (AvgIpc) is 3.63. The van der Waals surface area contributed by atoms with Crippen molar-refractivity contribution in [3.8, 4) is 0 Å². The molecule has 10 heteroatoms. The molecule has 0 amide bonds. The maximum absolute atomic E-state index is 12.7. The van der Waals surface area contributed by atoms with Crippen molar-refractivity contribution in [2.24, 2.45) is 0 Å². The van der Waals surface area contributed by atoms with Crippen molar-refractivity contribution in [1.29, 1.82) is 0 Å². The van der Waals surface area contributed by atoms with E-state index >= 15 is 0 Å². The van der Waals surface area contributed by atoms with Crippen LogP contribution in [0.2, 0.25) is 0 Å². The first-order valence-corrected chi connectivity index (χ1v) is 23.2. The van der Waals surface area contributed by atoms with E-state index in [1.807, 2.05) is 17.5 Å². The summed E-state index contributed by atoms with van der Waals surface area (Å²) >= 11 is 1.54. The largest absolute Gasteiger partial charge is 0.472 e. The zero-order valence-corrected chi connectivity index (χ0v) is 34.3. The molecular formula is C41H75O8PS. The molecular weight excluding hydrogens is 683 g/mol. The van der Waals surface area contributed by atoms with Crippen LogP contribution in [-0.4, -0.2) is 42.8 Å². The monoisotopic (exact) mass is 758 g/mol. The summed E-state index contributed by atoms with van der Waals surface area (Å²) < 4.78 is 33.8. The molecule has 1 heterocycles. The van der Waals surface area contributed by atoms with Gasteiger partial charge in [0.1, 0.15) is 6.61 Å². The van der Waals surface area contributed by atoms with Crippen molar-refractivity contribution >= 4 is 31.1 Å². The van der Waals surface area contributed by atoms with Crippen molar-refractivity contribution in [2.45, 2.75) is 206 Å². The second kappa shape index (κ2) is 34.5. The minimum absolute atomic E-state index is 0.0197. The first-order valence-electron chi connectivity index (χ1n) is 20.9. The minimum Gasteiger partial charge on any atom is -0.462 e. The van der Waals surface area contributed by atoms with Gasteiger partial charge in [0.25, 0.3) is 0 Å². The number of hydrogen-bond acceptors (Lipinski definition) is 8. The zero-order chi connectivity index (χ0) is 37.1. The standard InChI is InChI=1S/C41H75O8PS/c1-3-5-7-9-11-13-15-17-19-21-23-25-27-31-40(42)46-36-38(37-48-50(44,45)47-34-33-39-30-29-35-51-39)49-41(43)32-28-26-24-22-20-18-16-14-12-10-8-6-4-2/h29-30,35,38H,3-28,31-34,36-37H2,1-2H3,(H,44,45)/t38-/m1/s1. The van der Waals surface area contributed by atoms with E-state index in [2.05, 4.69) is 13.8 Å². The molecule has 0 saturated carbocycles. The van der Waals surface area contributed by atoms with Crippen LogP contribution < -0.4 is 0 Å². The van der Waals surface area contributed by atoms with Crippen LogP contribution in [0.25, 0.3) is 0 Å². The molecule has 1 aromatic rings. The summed E-state index contributed by atoms with van der Waals surface area (Å²) in [7, 11) is -4.38. The Balaban J connectivity index is 2.30. The third kappa shape index (κ3) is 31.9. The van der Waals surface area contributed by atoms with Crippen LogP contribution in [0.3, 0.4) is 0 Å². The smallest absolute Gasteiger partial charge is 0.462 e. The van der Waals surface area contributed by atoms with Gasteiger partial charge in [0.2, 0.25) is 0 Å². The highest BCUT2D eigenvalue weighted by molar-refractivity contribution is 7.47. The van der Waals surface area contributed by atoms with E-state index in [0.717, 1.165) is 37.0 Å². The Morgan fingerprint density at radius 1 is 0.627 bits per heavy atom. The maximum atomic E-state index is 12.7. The molecule has 0 bridgehead atoms. The summed E-state index contributed by atoms with van der Waals surface area (Å²) in [5, 5.41) is 1.93. The molecule has 0 fully saturated rings. The van der Waals surface area contributed by atoms with Gasteiger partial charge in [-0.3, -0.25) is 18.6 Å². The number of hydrogen-bond donors (Lipinski definition) is 1. The summed E-state index contributed by atoms with van der Waals surface area (Å²) in [6, 6.07) is 3.84. The van der Waals surface area contributed by atoms with Gasteiger partial charge in [0.15, 0.2) is 6.10 Å². The lowest BCUT2D eigenvalue weighted by molar-refractivity contribution is -0.161. The number of phosphoric ester groups is 1. The van der Waals surface area contributed by atoms with Crippen molar-refractivity contribution in [1.82, 2.24) is 0 Å². The fourth-order valence-corrected chi connectivity index (χ4v) is 7.57. The summed E-state index contributed by atoms with van der Waals surface area (Å²) in [6.07, 6.45) is 31.8. The Morgan fingerprint density at radius 2 is 1.06 bits per heavy atom. The molecule has 51 heavy (non-hydrogen) atoms. The van der Waals surface area contributed by atoms with Crippen LogP contribution in [0, 0.1) is 0 Å². The Morgan fingerprint density at radius 3 is 1.49 bits per heavy atom. The van der Waals surface area contributed by atoms with Gasteiger partial charge in [-0.25, -0.2) is 4.57 Å². The topological polar surface area (TPSA) is 108 Å². The molecule has 1 aromatic heterocycles. The predicted octanol–water partition coefficient (Wildman–Crippen LogP) is 12.8. The third-order valence-corrected chi connectivity index (χ3v) is 11.2. The highest BCUT2D eigenvalue weighted by Crippen LogP contribution is 2.43. The first kappa shape index (κ1) is 47.8. The molecule has 1 N–H and O–H groups in total. The van der Waals surface area contributed by atoms with Crippen LogP contribution in [0.1, 0.15) is 199 Å². The normalized spacial score (nSPS) is 13.2. The molecule has 298 valence electrons. The molecule has 0 radical (unpaired) electrons. The molecule has 0 saturated heterocycles. The quantitative estimate of drug-likeness (QED) is 0.0403. The minimum atomic E-state index is -4.38. The van der Waals surface area contributed by atoms with Gasteiger partial charge in [-0.2, -0.15) is 0 Å². The summed E-state index contributed by atoms with van der Waals surface area (Å²) in [5.41, 5.74) is 0. The molecule has 0 aliphatic rings. The van der Waals surface area contributed by atoms with Gasteiger partial charge >= 0.3 is 19.8 Å². The molecule has 0 spiro atoms. The number of unbranched alkanes of at least 4 members (excludes halogenated alkanes) is 24. The number of esters is 2. The Labute approximate surface area is 316 Å². The van der Waals surface area contributed by atoms with Crippen LogP contribution in [-0.2, 0) is 39.1 Å². The molecule has 0 aliphatic carbocycles. The van der Waals surface area contributed by atoms with Gasteiger partial charge in [0.05, 0.1) is 13.2 Å². The highest BCUT2D eigenvalue weighted by Gasteiger charge is 2.26. The van der Waals surface area contributed by atoms with E-state index in [0.29, 0.717) is 19.3 Å². The zero-order valence-electron chi connectivity index (χ0n) is 32.6. The van der Waals surface area contributed by atoms with Crippen molar-refractivity contribution in [3.05, 3.63) is 22.4 Å². The average molecular weight is 759 g/mol. The number of carbonyl (C=O) groups excluding carboxylic acids is 2. The third-order valence-electron chi connectivity index (χ3n) is 9.30. The van der Waals surface area contributed by atoms with Crippen LogP contribution in [0.15, 0.2) is 17.5 Å². The lowest BCUT2D eigenvalue weighted by Gasteiger charge is -2.20. The molecule has 0 aliphatic heterocycles. The van der Waals surface area contributed by atoms with Gasteiger partial charge < -0.3 is 14.4 Å². The highest BCUT2D eigenvalue weighted by atomic mass is 32.1. The van der Waals surface area contributed by atoms with Gasteiger partial charge in [-0.15, -0.1) is 11.3 Å². The Kier molecular flexibility index (Phi) is 32.3. The van der Waals surface area contributed by atoms with E-state index in [4.69, 9.17) is 18.5 Å². The number of carbonyl (C=O) groups is 2. The molecule has 8 nitrogen and oxygen atoms in total. The van der Waals surface area contributed by atoms with Gasteiger partial charge in [0, 0.05) is 24.1 Å². The predicted molar refractivity (Wildman–Crippen MR) is 211 cm³/mol. The fourth-order valence-electron chi connectivity index (χ4n) is 6.12. The fraction of sp³-hybridized carbons (Fsp3) is 0.854. The Bertz CT molecular complexity index is 973. The number of ether oxygens (including phenoxy) is 2. The lowest BCUT2D eigenvalue weighted by Crippen LogP contribution is -2.29. The Hall–Kier alpha value is -1.25. The van der Waals surface area contributed by atoms with Crippen LogP contribution in [0.5, 0.6) is 0 Å².